The summed E-state index contributed by atoms with van der Waals surface area (Å²) in [6.07, 6.45) is 1.84. The highest BCUT2D eigenvalue weighted by atomic mass is 16.5. The Labute approximate surface area is 99.8 Å². The predicted molar refractivity (Wildman–Crippen MR) is 64.3 cm³/mol. The van der Waals surface area contributed by atoms with Gasteiger partial charge in [0.05, 0.1) is 18.8 Å². The van der Waals surface area contributed by atoms with E-state index in [1.165, 1.54) is 13.2 Å². The van der Waals surface area contributed by atoms with Crippen LogP contribution in [0.2, 0.25) is 0 Å². The predicted octanol–water partition coefficient (Wildman–Crippen LogP) is 1.09. The van der Waals surface area contributed by atoms with Crippen molar-refractivity contribution in [2.75, 3.05) is 19.0 Å². The van der Waals surface area contributed by atoms with Crippen LogP contribution < -0.4 is 15.4 Å². The van der Waals surface area contributed by atoms with Crippen LogP contribution in [-0.4, -0.2) is 30.7 Å². The van der Waals surface area contributed by atoms with E-state index in [1.54, 1.807) is 12.1 Å². The number of benzene rings is 1. The Morgan fingerprint density at radius 2 is 2.41 bits per heavy atom. The molecule has 92 valence electrons. The lowest BCUT2D eigenvalue weighted by molar-refractivity contribution is -0.117. The molecule has 0 spiro atoms. The van der Waals surface area contributed by atoms with Crippen molar-refractivity contribution in [3.8, 4) is 11.5 Å². The van der Waals surface area contributed by atoms with E-state index in [2.05, 4.69) is 10.6 Å². The quantitative estimate of drug-likeness (QED) is 0.687. The molecular formula is C12H16N2O3. The molecule has 1 aliphatic heterocycles. The molecule has 5 heteroatoms. The van der Waals surface area contributed by atoms with Gasteiger partial charge in [0.2, 0.25) is 5.91 Å². The van der Waals surface area contributed by atoms with Gasteiger partial charge in [-0.1, -0.05) is 0 Å². The maximum atomic E-state index is 11.8. The lowest BCUT2D eigenvalue weighted by atomic mass is 10.2. The number of rotatable bonds is 3. The van der Waals surface area contributed by atoms with Crippen LogP contribution in [0.1, 0.15) is 12.8 Å². The molecule has 0 saturated carbocycles. The fourth-order valence-electron chi connectivity index (χ4n) is 1.87. The first-order valence-corrected chi connectivity index (χ1v) is 5.62. The number of amides is 1. The molecule has 3 N–H and O–H groups in total. The van der Waals surface area contributed by atoms with Crippen LogP contribution in [0.5, 0.6) is 11.5 Å². The van der Waals surface area contributed by atoms with Gasteiger partial charge < -0.3 is 20.5 Å². The molecule has 5 nitrogen and oxygen atoms in total. The van der Waals surface area contributed by atoms with Crippen LogP contribution >= 0.6 is 0 Å². The van der Waals surface area contributed by atoms with E-state index in [4.69, 9.17) is 4.74 Å². The molecule has 17 heavy (non-hydrogen) atoms. The first kappa shape index (κ1) is 11.7. The number of carbonyl (C=O) groups is 1. The van der Waals surface area contributed by atoms with Gasteiger partial charge in [0.25, 0.3) is 0 Å². The summed E-state index contributed by atoms with van der Waals surface area (Å²) in [5, 5.41) is 15.5. The second-order valence-corrected chi connectivity index (χ2v) is 4.02. The van der Waals surface area contributed by atoms with Gasteiger partial charge in [0.15, 0.2) is 0 Å². The highest BCUT2D eigenvalue weighted by Gasteiger charge is 2.22. The van der Waals surface area contributed by atoms with E-state index in [-0.39, 0.29) is 17.7 Å². The lowest BCUT2D eigenvalue weighted by Crippen LogP contribution is -2.35. The standard InChI is InChI=1S/C12H16N2O3/c1-17-8-4-5-9(11(15)7-8)14-12(16)10-3-2-6-13-10/h4-5,7,10,13,15H,2-3,6H2,1H3,(H,14,16)/t10-/m0/s1. The molecule has 2 rings (SSSR count). The fraction of sp³-hybridized carbons (Fsp3) is 0.417. The summed E-state index contributed by atoms with van der Waals surface area (Å²) in [4.78, 5) is 11.8. The van der Waals surface area contributed by atoms with Gasteiger partial charge in [-0.3, -0.25) is 4.79 Å². The summed E-state index contributed by atoms with van der Waals surface area (Å²) in [6.45, 7) is 0.868. The molecule has 1 aromatic carbocycles. The fourth-order valence-corrected chi connectivity index (χ4v) is 1.87. The molecular weight excluding hydrogens is 220 g/mol. The molecule has 0 radical (unpaired) electrons. The minimum Gasteiger partial charge on any atom is -0.506 e. The van der Waals surface area contributed by atoms with Crippen molar-refractivity contribution in [2.45, 2.75) is 18.9 Å². The number of carbonyl (C=O) groups excluding carboxylic acids is 1. The smallest absolute Gasteiger partial charge is 0.241 e. The average Bonchev–Trinajstić information content (AvgIpc) is 2.85. The maximum absolute atomic E-state index is 11.8. The molecule has 1 aliphatic rings. The second kappa shape index (κ2) is 5.05. The molecule has 1 saturated heterocycles. The number of hydrogen-bond donors (Lipinski definition) is 3. The summed E-state index contributed by atoms with van der Waals surface area (Å²) < 4.78 is 4.97. The first-order chi connectivity index (χ1) is 8.20. The molecule has 1 amide bonds. The number of ether oxygens (including phenoxy) is 1. The number of phenolic OH excluding ortho intramolecular Hbond substituents is 1. The molecule has 1 heterocycles. The highest BCUT2D eigenvalue weighted by Crippen LogP contribution is 2.28. The minimum atomic E-state index is -0.156. The van der Waals surface area contributed by atoms with Crippen LogP contribution in [-0.2, 0) is 4.79 Å². The van der Waals surface area contributed by atoms with E-state index in [0.29, 0.717) is 11.4 Å². The summed E-state index contributed by atoms with van der Waals surface area (Å²) in [5.74, 6) is 0.457. The minimum absolute atomic E-state index is 0.00990. The van der Waals surface area contributed by atoms with Crippen molar-refractivity contribution in [3.63, 3.8) is 0 Å². The van der Waals surface area contributed by atoms with Gasteiger partial charge in [0, 0.05) is 6.07 Å². The molecule has 0 unspecified atom stereocenters. The molecule has 1 aromatic rings. The van der Waals surface area contributed by atoms with Crippen molar-refractivity contribution in [2.24, 2.45) is 0 Å². The van der Waals surface area contributed by atoms with Gasteiger partial charge in [-0.05, 0) is 31.5 Å². The van der Waals surface area contributed by atoms with Gasteiger partial charge in [-0.2, -0.15) is 0 Å². The van der Waals surface area contributed by atoms with Crippen molar-refractivity contribution in [1.29, 1.82) is 0 Å². The zero-order valence-electron chi connectivity index (χ0n) is 9.69. The van der Waals surface area contributed by atoms with Crippen molar-refractivity contribution < 1.29 is 14.6 Å². The van der Waals surface area contributed by atoms with Crippen molar-refractivity contribution >= 4 is 11.6 Å². The van der Waals surface area contributed by atoms with Crippen LogP contribution in [0.4, 0.5) is 5.69 Å². The zero-order chi connectivity index (χ0) is 12.3. The number of nitrogens with one attached hydrogen (secondary N) is 2. The third-order valence-electron chi connectivity index (χ3n) is 2.84. The van der Waals surface area contributed by atoms with Crippen molar-refractivity contribution in [1.82, 2.24) is 5.32 Å². The number of methoxy groups -OCH3 is 1. The van der Waals surface area contributed by atoms with Gasteiger partial charge >= 0.3 is 0 Å². The first-order valence-electron chi connectivity index (χ1n) is 5.62. The molecule has 1 fully saturated rings. The summed E-state index contributed by atoms with van der Waals surface area (Å²) in [7, 11) is 1.52. The number of phenols is 1. The Bertz CT molecular complexity index is 414. The Kier molecular flexibility index (Phi) is 3.49. The van der Waals surface area contributed by atoms with Gasteiger partial charge in [-0.15, -0.1) is 0 Å². The van der Waals surface area contributed by atoms with Crippen LogP contribution in [0.3, 0.4) is 0 Å². The summed E-state index contributed by atoms with van der Waals surface area (Å²) >= 11 is 0. The Balaban J connectivity index is 2.05. The number of anilines is 1. The molecule has 0 aromatic heterocycles. The van der Waals surface area contributed by atoms with Crippen LogP contribution in [0.15, 0.2) is 18.2 Å². The summed E-state index contributed by atoms with van der Waals surface area (Å²) in [5.41, 5.74) is 0.407. The average molecular weight is 236 g/mol. The van der Waals surface area contributed by atoms with E-state index in [1.807, 2.05) is 0 Å². The second-order valence-electron chi connectivity index (χ2n) is 4.02. The largest absolute Gasteiger partial charge is 0.506 e. The topological polar surface area (TPSA) is 70.6 Å². The molecule has 1 atom stereocenters. The molecule has 0 aliphatic carbocycles. The number of aromatic hydroxyl groups is 1. The van der Waals surface area contributed by atoms with Crippen LogP contribution in [0, 0.1) is 0 Å². The van der Waals surface area contributed by atoms with Gasteiger partial charge in [-0.25, -0.2) is 0 Å². The van der Waals surface area contributed by atoms with E-state index >= 15 is 0 Å². The normalized spacial score (nSPS) is 19.0. The SMILES string of the molecule is COc1ccc(NC(=O)[C@@H]2CCCN2)c(O)c1. The third kappa shape index (κ3) is 2.68. The molecule has 0 bridgehead atoms. The van der Waals surface area contributed by atoms with E-state index in [0.717, 1.165) is 19.4 Å². The third-order valence-corrected chi connectivity index (χ3v) is 2.84. The highest BCUT2D eigenvalue weighted by molar-refractivity contribution is 5.96. The van der Waals surface area contributed by atoms with Crippen molar-refractivity contribution in [3.05, 3.63) is 18.2 Å². The lowest BCUT2D eigenvalue weighted by Gasteiger charge is -2.12. The van der Waals surface area contributed by atoms with E-state index in [9.17, 15) is 9.90 Å². The number of hydrogen-bond acceptors (Lipinski definition) is 4. The Morgan fingerprint density at radius 3 is 3.00 bits per heavy atom. The Hall–Kier alpha value is -1.75. The summed E-state index contributed by atoms with van der Waals surface area (Å²) in [6, 6.07) is 4.63. The Morgan fingerprint density at radius 1 is 1.59 bits per heavy atom. The van der Waals surface area contributed by atoms with Gasteiger partial charge in [0.1, 0.15) is 11.5 Å². The monoisotopic (exact) mass is 236 g/mol. The maximum Gasteiger partial charge on any atom is 0.241 e. The van der Waals surface area contributed by atoms with Crippen LogP contribution in [0.25, 0.3) is 0 Å². The zero-order valence-corrected chi connectivity index (χ0v) is 9.69. The van der Waals surface area contributed by atoms with E-state index < -0.39 is 0 Å².